The Morgan fingerprint density at radius 3 is 2.46 bits per heavy atom. The van der Waals surface area contributed by atoms with E-state index in [1.807, 2.05) is 41.8 Å². The molecule has 1 amide bonds. The van der Waals surface area contributed by atoms with E-state index < -0.39 is 20.0 Å². The van der Waals surface area contributed by atoms with Crippen LogP contribution in [0.4, 0.5) is 10.6 Å². The van der Waals surface area contributed by atoms with Gasteiger partial charge in [0.1, 0.15) is 18.0 Å². The molecule has 198 valence electrons. The fraction of sp³-hybridized carbons (Fsp3) is 0.462. The summed E-state index contributed by atoms with van der Waals surface area (Å²) in [5.41, 5.74) is 3.74. The van der Waals surface area contributed by atoms with Gasteiger partial charge in [0.25, 0.3) is 0 Å². The molecule has 0 unspecified atom stereocenters. The van der Waals surface area contributed by atoms with E-state index in [1.165, 1.54) is 13.1 Å². The second kappa shape index (κ2) is 10.7. The fourth-order valence-corrected chi connectivity index (χ4v) is 4.90. The molecule has 0 aliphatic carbocycles. The molecule has 1 N–H and O–H groups in total. The second-order valence-electron chi connectivity index (χ2n) is 10.5. The molecule has 3 heterocycles. The van der Waals surface area contributed by atoms with Gasteiger partial charge >= 0.3 is 6.09 Å². The normalized spacial score (nSPS) is 15.3. The van der Waals surface area contributed by atoms with Crippen LogP contribution in [0.25, 0.3) is 22.4 Å². The van der Waals surface area contributed by atoms with Crippen LogP contribution in [0.1, 0.15) is 19.4 Å². The molecule has 11 heteroatoms. The molecule has 3 aromatic rings. The molecule has 1 aromatic carbocycles. The van der Waals surface area contributed by atoms with Crippen LogP contribution in [0.3, 0.4) is 0 Å². The summed E-state index contributed by atoms with van der Waals surface area (Å²) in [6.07, 6.45) is 0.110. The maximum atomic E-state index is 11.8. The zero-order valence-corrected chi connectivity index (χ0v) is 23.0. The highest BCUT2D eigenvalue weighted by molar-refractivity contribution is 6.76. The van der Waals surface area contributed by atoms with Crippen molar-refractivity contribution in [3.05, 3.63) is 42.1 Å². The Kier molecular flexibility index (Phi) is 7.79. The molecule has 1 aliphatic rings. The van der Waals surface area contributed by atoms with Gasteiger partial charge in [0.2, 0.25) is 0 Å². The summed E-state index contributed by atoms with van der Waals surface area (Å²) in [5, 5.41) is 9.59. The second-order valence-corrected chi connectivity index (χ2v) is 16.2. The van der Waals surface area contributed by atoms with Crippen LogP contribution in [-0.2, 0) is 31.5 Å². The highest BCUT2D eigenvalue weighted by atomic mass is 28.3. The third-order valence-corrected chi connectivity index (χ3v) is 7.94. The number of aromatic nitrogens is 3. The number of carboxylic acid groups (broad SMARTS) is 1. The molecule has 4 rings (SSSR count). The summed E-state index contributed by atoms with van der Waals surface area (Å²) >= 11 is 0. The van der Waals surface area contributed by atoms with Gasteiger partial charge in [-0.05, 0) is 31.5 Å². The maximum absolute atomic E-state index is 11.8. The SMILES string of the molecule is CC(=O)CN(C(=O)O)c1cnc2c(cc(-c3ccc(C4(C)OCCO4)cc3)n2COCC[Si](C)(C)C)n1. The number of anilines is 1. The molecular formula is C26H34N4O6Si. The van der Waals surface area contributed by atoms with Gasteiger partial charge in [0.05, 0.1) is 31.6 Å². The Morgan fingerprint density at radius 2 is 1.86 bits per heavy atom. The molecule has 1 fully saturated rings. The Labute approximate surface area is 217 Å². The van der Waals surface area contributed by atoms with Gasteiger partial charge in [0.15, 0.2) is 17.3 Å². The first-order valence-corrected chi connectivity index (χ1v) is 16.0. The number of carbonyl (C=O) groups excluding carboxylic acids is 1. The number of hydrogen-bond acceptors (Lipinski definition) is 7. The van der Waals surface area contributed by atoms with E-state index in [0.29, 0.717) is 31.0 Å². The Morgan fingerprint density at radius 1 is 1.19 bits per heavy atom. The van der Waals surface area contributed by atoms with Crippen molar-refractivity contribution in [2.24, 2.45) is 0 Å². The van der Waals surface area contributed by atoms with Crippen LogP contribution >= 0.6 is 0 Å². The summed E-state index contributed by atoms with van der Waals surface area (Å²) in [7, 11) is -1.26. The van der Waals surface area contributed by atoms with Crippen molar-refractivity contribution in [1.29, 1.82) is 0 Å². The Balaban J connectivity index is 1.71. The molecule has 0 atom stereocenters. The van der Waals surface area contributed by atoms with Gasteiger partial charge in [-0.15, -0.1) is 0 Å². The number of hydrogen-bond donors (Lipinski definition) is 1. The molecule has 0 spiro atoms. The van der Waals surface area contributed by atoms with E-state index in [9.17, 15) is 14.7 Å². The molecular weight excluding hydrogens is 492 g/mol. The standard InChI is InChI=1S/C26H34N4O6Si/c1-18(31)16-29(25(32)33)23-15-27-24-21(28-23)14-22(30(24)17-34-12-13-37(3,4)5)19-6-8-20(9-7-19)26(2)35-10-11-36-26/h6-9,14-15H,10-13,16-17H2,1-5H3,(H,32,33). The van der Waals surface area contributed by atoms with Crippen LogP contribution in [0.15, 0.2) is 36.5 Å². The lowest BCUT2D eigenvalue weighted by atomic mass is 10.0. The lowest BCUT2D eigenvalue weighted by Gasteiger charge is -2.23. The van der Waals surface area contributed by atoms with Crippen molar-refractivity contribution in [2.45, 2.75) is 52.1 Å². The van der Waals surface area contributed by atoms with Gasteiger partial charge in [0, 0.05) is 20.2 Å². The average Bonchev–Trinajstić information content (AvgIpc) is 3.43. The quantitative estimate of drug-likeness (QED) is 0.298. The van der Waals surface area contributed by atoms with Crippen LogP contribution < -0.4 is 4.90 Å². The van der Waals surface area contributed by atoms with Crippen LogP contribution in [-0.4, -0.2) is 66.0 Å². The predicted molar refractivity (Wildman–Crippen MR) is 142 cm³/mol. The van der Waals surface area contributed by atoms with E-state index in [-0.39, 0.29) is 24.9 Å². The number of fused-ring (bicyclic) bond motifs is 1. The van der Waals surface area contributed by atoms with Crippen LogP contribution in [0.2, 0.25) is 25.7 Å². The third kappa shape index (κ3) is 6.24. The fourth-order valence-electron chi connectivity index (χ4n) is 4.14. The first-order chi connectivity index (χ1) is 17.5. The van der Waals surface area contributed by atoms with E-state index >= 15 is 0 Å². The predicted octanol–water partition coefficient (Wildman–Crippen LogP) is 4.70. The molecule has 10 nitrogen and oxygen atoms in total. The molecule has 37 heavy (non-hydrogen) atoms. The highest BCUT2D eigenvalue weighted by Gasteiger charge is 2.33. The van der Waals surface area contributed by atoms with Gasteiger partial charge in [-0.25, -0.2) is 14.8 Å². The largest absolute Gasteiger partial charge is 0.465 e. The van der Waals surface area contributed by atoms with Crippen molar-refractivity contribution < 1.29 is 28.9 Å². The van der Waals surface area contributed by atoms with Crippen molar-refractivity contribution in [1.82, 2.24) is 14.5 Å². The number of benzene rings is 1. The van der Waals surface area contributed by atoms with Gasteiger partial charge in [-0.2, -0.15) is 0 Å². The molecule has 1 saturated heterocycles. The molecule has 0 radical (unpaired) electrons. The number of rotatable bonds is 10. The number of nitrogens with zero attached hydrogens (tertiary/aromatic N) is 4. The lowest BCUT2D eigenvalue weighted by Crippen LogP contribution is -2.34. The number of ether oxygens (including phenoxy) is 3. The number of Topliss-reactive ketones (excluding diaryl/α,β-unsaturated/α-hetero) is 1. The van der Waals surface area contributed by atoms with E-state index in [2.05, 4.69) is 29.6 Å². The minimum atomic E-state index is -1.27. The number of ketones is 1. The zero-order valence-electron chi connectivity index (χ0n) is 22.0. The molecule has 0 bridgehead atoms. The third-order valence-electron chi connectivity index (χ3n) is 6.23. The topological polar surface area (TPSA) is 116 Å². The van der Waals surface area contributed by atoms with E-state index in [1.54, 1.807) is 0 Å². The summed E-state index contributed by atoms with van der Waals surface area (Å²) in [4.78, 5) is 33.3. The summed E-state index contributed by atoms with van der Waals surface area (Å²) in [5.74, 6) is -0.958. The Hall–Kier alpha value is -3.12. The van der Waals surface area contributed by atoms with E-state index in [0.717, 1.165) is 27.8 Å². The summed E-state index contributed by atoms with van der Waals surface area (Å²) in [6.45, 7) is 11.9. The van der Waals surface area contributed by atoms with Crippen molar-refractivity contribution in [2.75, 3.05) is 31.3 Å². The van der Waals surface area contributed by atoms with Crippen molar-refractivity contribution >= 4 is 36.9 Å². The molecule has 1 aliphatic heterocycles. The van der Waals surface area contributed by atoms with Gasteiger partial charge in [-0.1, -0.05) is 43.9 Å². The van der Waals surface area contributed by atoms with Crippen molar-refractivity contribution in [3.63, 3.8) is 0 Å². The lowest BCUT2D eigenvalue weighted by molar-refractivity contribution is -0.149. The van der Waals surface area contributed by atoms with Crippen LogP contribution in [0, 0.1) is 0 Å². The maximum Gasteiger partial charge on any atom is 0.413 e. The monoisotopic (exact) mass is 526 g/mol. The smallest absolute Gasteiger partial charge is 0.413 e. The summed E-state index contributed by atoms with van der Waals surface area (Å²) < 4.78 is 19.5. The summed E-state index contributed by atoms with van der Waals surface area (Å²) in [6, 6.07) is 10.8. The van der Waals surface area contributed by atoms with Gasteiger partial charge < -0.3 is 19.3 Å². The Bertz CT molecular complexity index is 1280. The number of carbonyl (C=O) groups is 2. The highest BCUT2D eigenvalue weighted by Crippen LogP contribution is 2.33. The molecule has 2 aromatic heterocycles. The minimum Gasteiger partial charge on any atom is -0.465 e. The van der Waals surface area contributed by atoms with Gasteiger partial charge in [-0.3, -0.25) is 14.3 Å². The van der Waals surface area contributed by atoms with Crippen LogP contribution in [0.5, 0.6) is 0 Å². The van der Waals surface area contributed by atoms with E-state index in [4.69, 9.17) is 14.2 Å². The minimum absolute atomic E-state index is 0.0948. The van der Waals surface area contributed by atoms with Crippen molar-refractivity contribution in [3.8, 4) is 11.3 Å². The molecule has 0 saturated carbocycles. The average molecular weight is 527 g/mol. The zero-order chi connectivity index (χ0) is 26.8. The number of amides is 1. The first kappa shape index (κ1) is 26.9. The first-order valence-electron chi connectivity index (χ1n) is 12.3.